The van der Waals surface area contributed by atoms with Gasteiger partial charge in [-0.2, -0.15) is 0 Å². The Morgan fingerprint density at radius 3 is 2.71 bits per heavy atom. The summed E-state index contributed by atoms with van der Waals surface area (Å²) in [6.45, 7) is 3.16. The van der Waals surface area contributed by atoms with Gasteiger partial charge in [-0.3, -0.25) is 0 Å². The first-order valence-corrected chi connectivity index (χ1v) is 5.37. The summed E-state index contributed by atoms with van der Waals surface area (Å²) in [5.41, 5.74) is 0.858. The Labute approximate surface area is 100 Å². The van der Waals surface area contributed by atoms with Gasteiger partial charge in [0, 0.05) is 18.7 Å². The van der Waals surface area contributed by atoms with Crippen LogP contribution in [0.5, 0.6) is 23.0 Å². The highest BCUT2D eigenvalue weighted by atomic mass is 16.7. The van der Waals surface area contributed by atoms with E-state index in [4.69, 9.17) is 23.7 Å². The summed E-state index contributed by atoms with van der Waals surface area (Å²) >= 11 is 0. The van der Waals surface area contributed by atoms with Crippen molar-refractivity contribution in [1.29, 1.82) is 0 Å². The summed E-state index contributed by atoms with van der Waals surface area (Å²) in [6.07, 6.45) is 0. The molecule has 94 valence electrons. The second-order valence-electron chi connectivity index (χ2n) is 3.61. The molecule has 5 heteroatoms. The first kappa shape index (κ1) is 11.9. The molecule has 1 heterocycles. The van der Waals surface area contributed by atoms with Crippen molar-refractivity contribution >= 4 is 0 Å². The zero-order chi connectivity index (χ0) is 12.3. The van der Waals surface area contributed by atoms with Crippen LogP contribution in [0.3, 0.4) is 0 Å². The lowest BCUT2D eigenvalue weighted by atomic mass is 10.1. The maximum absolute atomic E-state index is 5.57. The van der Waals surface area contributed by atoms with E-state index >= 15 is 0 Å². The van der Waals surface area contributed by atoms with Crippen LogP contribution >= 0.6 is 0 Å². The van der Waals surface area contributed by atoms with Crippen LogP contribution in [0.1, 0.15) is 5.56 Å². The van der Waals surface area contributed by atoms with Gasteiger partial charge in [0.1, 0.15) is 13.2 Å². The lowest BCUT2D eigenvalue weighted by Gasteiger charge is -2.23. The van der Waals surface area contributed by atoms with Gasteiger partial charge < -0.3 is 23.7 Å². The van der Waals surface area contributed by atoms with Crippen LogP contribution in [0.25, 0.3) is 0 Å². The molecule has 1 aliphatic heterocycles. The Morgan fingerprint density at radius 2 is 2.00 bits per heavy atom. The molecule has 0 atom stereocenters. The van der Waals surface area contributed by atoms with E-state index in [0.717, 1.165) is 5.56 Å². The van der Waals surface area contributed by atoms with E-state index in [1.54, 1.807) is 20.3 Å². The lowest BCUT2D eigenvalue weighted by molar-refractivity contribution is 0.0479. The Morgan fingerprint density at radius 1 is 1.24 bits per heavy atom. The van der Waals surface area contributed by atoms with Gasteiger partial charge in [0.15, 0.2) is 29.8 Å². The second kappa shape index (κ2) is 5.14. The first-order chi connectivity index (χ1) is 8.27. The van der Waals surface area contributed by atoms with Gasteiger partial charge >= 0.3 is 0 Å². The van der Waals surface area contributed by atoms with E-state index in [-0.39, 0.29) is 6.79 Å². The zero-order valence-electron chi connectivity index (χ0n) is 10.2. The fourth-order valence-electron chi connectivity index (χ4n) is 1.75. The Balaban J connectivity index is 2.41. The van der Waals surface area contributed by atoms with Crippen molar-refractivity contribution in [2.45, 2.75) is 6.92 Å². The highest BCUT2D eigenvalue weighted by molar-refractivity contribution is 5.61. The number of benzene rings is 1. The van der Waals surface area contributed by atoms with Gasteiger partial charge in [-0.05, 0) is 6.92 Å². The van der Waals surface area contributed by atoms with Crippen LogP contribution in [-0.2, 0) is 4.74 Å². The fraction of sp³-hybridized carbons (Fsp3) is 0.500. The third kappa shape index (κ3) is 2.24. The first-order valence-electron chi connectivity index (χ1n) is 5.37. The maximum atomic E-state index is 5.57. The molecule has 0 spiro atoms. The Hall–Kier alpha value is -1.62. The summed E-state index contributed by atoms with van der Waals surface area (Å²) in [4.78, 5) is 0. The number of methoxy groups -OCH3 is 2. The molecule has 0 amide bonds. The van der Waals surface area contributed by atoms with Crippen molar-refractivity contribution in [1.82, 2.24) is 0 Å². The van der Waals surface area contributed by atoms with Gasteiger partial charge in [-0.25, -0.2) is 0 Å². The quantitative estimate of drug-likeness (QED) is 0.750. The van der Waals surface area contributed by atoms with E-state index in [1.165, 1.54) is 0 Å². The van der Waals surface area contributed by atoms with Crippen LogP contribution in [0, 0.1) is 6.92 Å². The molecular formula is C12H16O5. The van der Waals surface area contributed by atoms with Crippen LogP contribution in [0.2, 0.25) is 0 Å². The SMILES string of the molecule is COCOc1c(OC)cc2c(c1C)OCCO2. The van der Waals surface area contributed by atoms with Crippen LogP contribution < -0.4 is 18.9 Å². The van der Waals surface area contributed by atoms with E-state index in [9.17, 15) is 0 Å². The smallest absolute Gasteiger partial charge is 0.188 e. The minimum atomic E-state index is 0.164. The largest absolute Gasteiger partial charge is 0.493 e. The van der Waals surface area contributed by atoms with E-state index < -0.39 is 0 Å². The second-order valence-corrected chi connectivity index (χ2v) is 3.61. The molecule has 0 aromatic heterocycles. The standard InChI is InChI=1S/C12H16O5/c1-8-11(17-7-13-2)9(14-3)6-10-12(8)16-5-4-15-10/h6H,4-5,7H2,1-3H3. The molecule has 0 bridgehead atoms. The number of hydrogen-bond donors (Lipinski definition) is 0. The topological polar surface area (TPSA) is 46.2 Å². The van der Waals surface area contributed by atoms with Crippen LogP contribution in [0.15, 0.2) is 6.07 Å². The van der Waals surface area contributed by atoms with E-state index in [0.29, 0.717) is 36.2 Å². The molecule has 0 saturated heterocycles. The number of fused-ring (bicyclic) bond motifs is 1. The lowest BCUT2D eigenvalue weighted by Crippen LogP contribution is -2.17. The average molecular weight is 240 g/mol. The highest BCUT2D eigenvalue weighted by Crippen LogP contribution is 2.45. The summed E-state index contributed by atoms with van der Waals surface area (Å²) in [7, 11) is 3.16. The number of rotatable bonds is 4. The van der Waals surface area contributed by atoms with Crippen molar-refractivity contribution in [3.05, 3.63) is 11.6 Å². The molecule has 1 aromatic rings. The molecule has 0 unspecified atom stereocenters. The van der Waals surface area contributed by atoms with Crippen molar-refractivity contribution in [2.24, 2.45) is 0 Å². The predicted octanol–water partition coefficient (Wildman–Crippen LogP) is 1.76. The average Bonchev–Trinajstić information content (AvgIpc) is 2.37. The molecule has 1 aliphatic rings. The monoisotopic (exact) mass is 240 g/mol. The van der Waals surface area contributed by atoms with Crippen molar-refractivity contribution in [3.8, 4) is 23.0 Å². The maximum Gasteiger partial charge on any atom is 0.188 e. The molecule has 2 rings (SSSR count). The van der Waals surface area contributed by atoms with Crippen molar-refractivity contribution < 1.29 is 23.7 Å². The fourth-order valence-corrected chi connectivity index (χ4v) is 1.75. The van der Waals surface area contributed by atoms with Gasteiger partial charge in [0.2, 0.25) is 0 Å². The van der Waals surface area contributed by atoms with Gasteiger partial charge in [0.25, 0.3) is 0 Å². The summed E-state index contributed by atoms with van der Waals surface area (Å²) in [5, 5.41) is 0. The highest BCUT2D eigenvalue weighted by Gasteiger charge is 2.22. The van der Waals surface area contributed by atoms with Crippen molar-refractivity contribution in [3.63, 3.8) is 0 Å². The van der Waals surface area contributed by atoms with Crippen LogP contribution in [-0.4, -0.2) is 34.2 Å². The molecule has 0 fully saturated rings. The van der Waals surface area contributed by atoms with E-state index in [1.807, 2.05) is 6.92 Å². The molecule has 0 aliphatic carbocycles. The number of hydrogen-bond acceptors (Lipinski definition) is 5. The Bertz CT molecular complexity index is 402. The molecule has 5 nitrogen and oxygen atoms in total. The third-order valence-corrected chi connectivity index (χ3v) is 2.52. The molecule has 0 saturated carbocycles. The molecule has 1 aromatic carbocycles. The molecule has 17 heavy (non-hydrogen) atoms. The van der Waals surface area contributed by atoms with Crippen molar-refractivity contribution in [2.75, 3.05) is 34.2 Å². The molecule has 0 N–H and O–H groups in total. The predicted molar refractivity (Wildman–Crippen MR) is 61.2 cm³/mol. The summed E-state index contributed by atoms with van der Waals surface area (Å²) < 4.78 is 26.7. The number of ether oxygens (including phenoxy) is 5. The Kier molecular flexibility index (Phi) is 3.58. The van der Waals surface area contributed by atoms with Gasteiger partial charge in [-0.15, -0.1) is 0 Å². The van der Waals surface area contributed by atoms with E-state index in [2.05, 4.69) is 0 Å². The van der Waals surface area contributed by atoms with Gasteiger partial charge in [0.05, 0.1) is 7.11 Å². The third-order valence-electron chi connectivity index (χ3n) is 2.52. The zero-order valence-corrected chi connectivity index (χ0v) is 10.2. The minimum Gasteiger partial charge on any atom is -0.493 e. The minimum absolute atomic E-state index is 0.164. The summed E-state index contributed by atoms with van der Waals surface area (Å²) in [5.74, 6) is 2.64. The molecular weight excluding hydrogens is 224 g/mol. The summed E-state index contributed by atoms with van der Waals surface area (Å²) in [6, 6.07) is 1.77. The van der Waals surface area contributed by atoms with Gasteiger partial charge in [-0.1, -0.05) is 0 Å². The normalized spacial score (nSPS) is 13.4. The van der Waals surface area contributed by atoms with Crippen LogP contribution in [0.4, 0.5) is 0 Å². The molecule has 0 radical (unpaired) electrons.